The van der Waals surface area contributed by atoms with E-state index in [4.69, 9.17) is 14.6 Å². The van der Waals surface area contributed by atoms with Gasteiger partial charge < -0.3 is 19.9 Å². The fraction of sp³-hybridized carbons (Fsp3) is 0.167. The maximum absolute atomic E-state index is 11.6. The molecule has 1 heterocycles. The number of benzene rings is 1. The lowest BCUT2D eigenvalue weighted by molar-refractivity contribution is -0.146. The maximum Gasteiger partial charge on any atom is 0.334 e. The van der Waals surface area contributed by atoms with E-state index in [0.29, 0.717) is 5.58 Å². The van der Waals surface area contributed by atoms with E-state index in [9.17, 15) is 9.59 Å². The van der Waals surface area contributed by atoms with Gasteiger partial charge in [-0.1, -0.05) is 18.2 Å². The Bertz CT molecular complexity index is 556. The average molecular weight is 249 g/mol. The van der Waals surface area contributed by atoms with Crippen LogP contribution in [-0.4, -0.2) is 34.7 Å². The van der Waals surface area contributed by atoms with Crippen molar-refractivity contribution in [2.45, 2.75) is 6.10 Å². The third-order valence-corrected chi connectivity index (χ3v) is 2.39. The van der Waals surface area contributed by atoms with Crippen LogP contribution in [0, 0.1) is 0 Å². The highest BCUT2D eigenvalue weighted by molar-refractivity contribution is 5.96. The highest BCUT2D eigenvalue weighted by Crippen LogP contribution is 2.18. The molecule has 0 fully saturated rings. The van der Waals surface area contributed by atoms with E-state index in [1.165, 1.54) is 0 Å². The Labute approximate surface area is 102 Å². The normalized spacial score (nSPS) is 12.3. The smallest absolute Gasteiger partial charge is 0.334 e. The zero-order chi connectivity index (χ0) is 13.1. The Kier molecular flexibility index (Phi) is 3.29. The van der Waals surface area contributed by atoms with Crippen molar-refractivity contribution in [2.24, 2.45) is 0 Å². The van der Waals surface area contributed by atoms with Crippen molar-refractivity contribution in [2.75, 3.05) is 6.54 Å². The minimum atomic E-state index is -1.63. The number of fused-ring (bicyclic) bond motifs is 1. The van der Waals surface area contributed by atoms with Crippen LogP contribution in [0.4, 0.5) is 0 Å². The van der Waals surface area contributed by atoms with E-state index in [0.717, 1.165) is 5.39 Å². The molecule has 2 rings (SSSR count). The quantitative estimate of drug-likeness (QED) is 0.737. The number of amides is 1. The third-order valence-electron chi connectivity index (χ3n) is 2.39. The molecule has 94 valence electrons. The molecule has 1 amide bonds. The van der Waals surface area contributed by atoms with Crippen LogP contribution in [0.5, 0.6) is 0 Å². The van der Waals surface area contributed by atoms with Gasteiger partial charge in [-0.05, 0) is 12.1 Å². The molecule has 1 aromatic heterocycles. The summed E-state index contributed by atoms with van der Waals surface area (Å²) in [6.45, 7) is -0.370. The van der Waals surface area contributed by atoms with Crippen molar-refractivity contribution in [3.63, 3.8) is 0 Å². The van der Waals surface area contributed by atoms with Crippen molar-refractivity contribution < 1.29 is 24.2 Å². The minimum absolute atomic E-state index is 0.0776. The molecule has 6 nitrogen and oxygen atoms in total. The third kappa shape index (κ3) is 2.49. The Morgan fingerprint density at radius 2 is 2.06 bits per heavy atom. The van der Waals surface area contributed by atoms with Gasteiger partial charge >= 0.3 is 5.97 Å². The number of furan rings is 1. The Balaban J connectivity index is 2.07. The van der Waals surface area contributed by atoms with Gasteiger partial charge in [0.2, 0.25) is 0 Å². The maximum atomic E-state index is 11.6. The highest BCUT2D eigenvalue weighted by atomic mass is 16.4. The molecular weight excluding hydrogens is 238 g/mol. The number of carboxylic acids is 1. The second-order valence-electron chi connectivity index (χ2n) is 3.71. The first kappa shape index (κ1) is 12.1. The topological polar surface area (TPSA) is 99.8 Å². The van der Waals surface area contributed by atoms with Crippen LogP contribution in [0.2, 0.25) is 0 Å². The van der Waals surface area contributed by atoms with Gasteiger partial charge in [0.15, 0.2) is 11.9 Å². The average Bonchev–Trinajstić information content (AvgIpc) is 2.79. The summed E-state index contributed by atoms with van der Waals surface area (Å²) in [4.78, 5) is 22.0. The molecule has 2 aromatic rings. The first-order valence-corrected chi connectivity index (χ1v) is 5.25. The summed E-state index contributed by atoms with van der Waals surface area (Å²) < 4.78 is 5.28. The van der Waals surface area contributed by atoms with Crippen LogP contribution in [0.3, 0.4) is 0 Å². The molecule has 18 heavy (non-hydrogen) atoms. The number of hydrogen-bond donors (Lipinski definition) is 3. The molecule has 6 heteroatoms. The lowest BCUT2D eigenvalue weighted by Crippen LogP contribution is -2.36. The first-order chi connectivity index (χ1) is 8.58. The summed E-state index contributed by atoms with van der Waals surface area (Å²) in [5, 5.41) is 20.5. The van der Waals surface area contributed by atoms with Crippen molar-refractivity contribution in [1.29, 1.82) is 0 Å². The fourth-order valence-electron chi connectivity index (χ4n) is 1.46. The second kappa shape index (κ2) is 4.89. The highest BCUT2D eigenvalue weighted by Gasteiger charge is 2.17. The van der Waals surface area contributed by atoms with E-state index in [1.807, 2.05) is 6.07 Å². The van der Waals surface area contributed by atoms with E-state index in [2.05, 4.69) is 5.32 Å². The Hall–Kier alpha value is -2.34. The fourth-order valence-corrected chi connectivity index (χ4v) is 1.46. The van der Waals surface area contributed by atoms with Crippen molar-refractivity contribution in [1.82, 2.24) is 5.32 Å². The molecule has 1 atom stereocenters. The van der Waals surface area contributed by atoms with Crippen LogP contribution in [-0.2, 0) is 4.79 Å². The molecule has 0 bridgehead atoms. The van der Waals surface area contributed by atoms with E-state index in [1.54, 1.807) is 24.3 Å². The predicted molar refractivity (Wildman–Crippen MR) is 62.2 cm³/mol. The summed E-state index contributed by atoms with van der Waals surface area (Å²) >= 11 is 0. The molecule has 0 saturated heterocycles. The lowest BCUT2D eigenvalue weighted by atomic mass is 10.2. The van der Waals surface area contributed by atoms with Gasteiger partial charge in [0, 0.05) is 5.39 Å². The number of carboxylic acid groups (broad SMARTS) is 1. The standard InChI is InChI=1S/C12H11NO5/c14-8(12(16)17)6-13-11(15)10-5-7-3-1-2-4-9(7)18-10/h1-5,8,14H,6H2,(H,13,15)(H,16,17). The molecule has 0 aliphatic heterocycles. The van der Waals surface area contributed by atoms with Gasteiger partial charge in [0.05, 0.1) is 6.54 Å². The molecule has 1 aromatic carbocycles. The number of carbonyl (C=O) groups excluding carboxylic acids is 1. The SMILES string of the molecule is O=C(NCC(O)C(=O)O)c1cc2ccccc2o1. The van der Waals surface area contributed by atoms with E-state index < -0.39 is 18.0 Å². The predicted octanol–water partition coefficient (Wildman–Crippen LogP) is 0.608. The number of rotatable bonds is 4. The molecule has 0 aliphatic carbocycles. The number of nitrogens with one attached hydrogen (secondary N) is 1. The number of carbonyl (C=O) groups is 2. The molecule has 3 N–H and O–H groups in total. The molecular formula is C12H11NO5. The second-order valence-corrected chi connectivity index (χ2v) is 3.71. The zero-order valence-corrected chi connectivity index (χ0v) is 9.29. The summed E-state index contributed by atoms with van der Waals surface area (Å²) in [5.74, 6) is -1.87. The van der Waals surface area contributed by atoms with Crippen molar-refractivity contribution >= 4 is 22.8 Å². The van der Waals surface area contributed by atoms with Crippen LogP contribution < -0.4 is 5.32 Å². The van der Waals surface area contributed by atoms with E-state index in [-0.39, 0.29) is 12.3 Å². The monoisotopic (exact) mass is 249 g/mol. The van der Waals surface area contributed by atoms with Gasteiger partial charge in [0.25, 0.3) is 5.91 Å². The Morgan fingerprint density at radius 3 is 2.72 bits per heavy atom. The summed E-state index contributed by atoms with van der Waals surface area (Å²) in [7, 11) is 0. The number of aliphatic hydroxyl groups is 1. The summed E-state index contributed by atoms with van der Waals surface area (Å²) in [6.07, 6.45) is -1.63. The summed E-state index contributed by atoms with van der Waals surface area (Å²) in [6, 6.07) is 8.66. The number of para-hydroxylation sites is 1. The largest absolute Gasteiger partial charge is 0.479 e. The lowest BCUT2D eigenvalue weighted by Gasteiger charge is -2.05. The molecule has 0 spiro atoms. The van der Waals surface area contributed by atoms with Crippen molar-refractivity contribution in [3.8, 4) is 0 Å². The zero-order valence-electron chi connectivity index (χ0n) is 9.29. The first-order valence-electron chi connectivity index (χ1n) is 5.25. The number of aliphatic carboxylic acids is 1. The Morgan fingerprint density at radius 1 is 1.33 bits per heavy atom. The van der Waals surface area contributed by atoms with Gasteiger partial charge in [-0.3, -0.25) is 4.79 Å². The molecule has 0 saturated carbocycles. The van der Waals surface area contributed by atoms with Crippen LogP contribution in [0.1, 0.15) is 10.6 Å². The number of hydrogen-bond acceptors (Lipinski definition) is 4. The van der Waals surface area contributed by atoms with E-state index >= 15 is 0 Å². The minimum Gasteiger partial charge on any atom is -0.479 e. The number of aliphatic hydroxyl groups excluding tert-OH is 1. The van der Waals surface area contributed by atoms with Gasteiger partial charge in [-0.2, -0.15) is 0 Å². The summed E-state index contributed by atoms with van der Waals surface area (Å²) in [5.41, 5.74) is 0.571. The van der Waals surface area contributed by atoms with Crippen LogP contribution in [0.25, 0.3) is 11.0 Å². The van der Waals surface area contributed by atoms with Crippen LogP contribution >= 0.6 is 0 Å². The molecule has 1 unspecified atom stereocenters. The van der Waals surface area contributed by atoms with Gasteiger partial charge in [0.1, 0.15) is 5.58 Å². The van der Waals surface area contributed by atoms with Gasteiger partial charge in [-0.25, -0.2) is 4.79 Å². The van der Waals surface area contributed by atoms with Crippen molar-refractivity contribution in [3.05, 3.63) is 36.1 Å². The van der Waals surface area contributed by atoms with Gasteiger partial charge in [-0.15, -0.1) is 0 Å². The van der Waals surface area contributed by atoms with Crippen LogP contribution in [0.15, 0.2) is 34.7 Å². The molecule has 0 radical (unpaired) electrons. The molecule has 0 aliphatic rings.